The lowest BCUT2D eigenvalue weighted by atomic mass is 10.2. The van der Waals surface area contributed by atoms with Crippen LogP contribution in [0.4, 0.5) is 0 Å². The van der Waals surface area contributed by atoms with E-state index >= 15 is 0 Å². The molecule has 3 nitrogen and oxygen atoms in total. The first kappa shape index (κ1) is 13.2. The highest BCUT2D eigenvalue weighted by Crippen LogP contribution is 2.29. The van der Waals surface area contributed by atoms with E-state index in [9.17, 15) is 0 Å². The Bertz CT molecular complexity index is 594. The highest BCUT2D eigenvalue weighted by atomic mass is 35.5. The summed E-state index contributed by atoms with van der Waals surface area (Å²) in [5.74, 6) is 1.67. The first-order valence-electron chi connectivity index (χ1n) is 6.60. The molecule has 1 aliphatic heterocycles. The van der Waals surface area contributed by atoms with Gasteiger partial charge in [-0.05, 0) is 38.2 Å². The Hall–Kier alpha value is -0.770. The maximum atomic E-state index is 6.06. The molecule has 1 atom stereocenters. The van der Waals surface area contributed by atoms with E-state index in [1.807, 2.05) is 12.1 Å². The summed E-state index contributed by atoms with van der Waals surface area (Å²) in [6.45, 7) is 2.21. The summed E-state index contributed by atoms with van der Waals surface area (Å²) in [5, 5.41) is 0.734. The molecular weight excluding hydrogens is 281 g/mol. The third-order valence-corrected chi connectivity index (χ3v) is 4.20. The van der Waals surface area contributed by atoms with Crippen LogP contribution in [0.2, 0.25) is 5.02 Å². The molecule has 1 aromatic heterocycles. The SMILES string of the molecule is CN1CCC(n2c(CCCl)nc3cc(Cl)ccc32)C1. The fourth-order valence-electron chi connectivity index (χ4n) is 2.91. The fourth-order valence-corrected chi connectivity index (χ4v) is 3.25. The minimum Gasteiger partial charge on any atom is -0.323 e. The van der Waals surface area contributed by atoms with Crippen molar-refractivity contribution < 1.29 is 0 Å². The number of benzene rings is 1. The van der Waals surface area contributed by atoms with E-state index in [1.54, 1.807) is 0 Å². The molecule has 2 heterocycles. The molecule has 0 N–H and O–H groups in total. The van der Waals surface area contributed by atoms with E-state index in [4.69, 9.17) is 28.2 Å². The summed E-state index contributed by atoms with van der Waals surface area (Å²) in [6, 6.07) is 6.44. The van der Waals surface area contributed by atoms with Crippen molar-refractivity contribution in [2.45, 2.75) is 18.9 Å². The number of alkyl halides is 1. The number of fused-ring (bicyclic) bond motifs is 1. The summed E-state index contributed by atoms with van der Waals surface area (Å²) < 4.78 is 2.36. The van der Waals surface area contributed by atoms with Crippen molar-refractivity contribution in [3.8, 4) is 0 Å². The lowest BCUT2D eigenvalue weighted by molar-refractivity contribution is 0.392. The van der Waals surface area contributed by atoms with Gasteiger partial charge in [0.2, 0.25) is 0 Å². The summed E-state index contributed by atoms with van der Waals surface area (Å²) in [7, 11) is 2.16. The molecular formula is C14H17Cl2N3. The van der Waals surface area contributed by atoms with Crippen molar-refractivity contribution >= 4 is 34.2 Å². The van der Waals surface area contributed by atoms with E-state index < -0.39 is 0 Å². The Morgan fingerprint density at radius 3 is 2.95 bits per heavy atom. The molecule has 1 aromatic carbocycles. The quantitative estimate of drug-likeness (QED) is 0.810. The molecule has 0 saturated carbocycles. The number of hydrogen-bond donors (Lipinski definition) is 0. The van der Waals surface area contributed by atoms with Crippen molar-refractivity contribution in [2.75, 3.05) is 26.0 Å². The van der Waals surface area contributed by atoms with Gasteiger partial charge in [0.25, 0.3) is 0 Å². The molecule has 102 valence electrons. The summed E-state index contributed by atoms with van der Waals surface area (Å²) in [6.07, 6.45) is 1.97. The molecule has 3 rings (SSSR count). The summed E-state index contributed by atoms with van der Waals surface area (Å²) in [4.78, 5) is 7.07. The van der Waals surface area contributed by atoms with Crippen molar-refractivity contribution in [2.24, 2.45) is 0 Å². The van der Waals surface area contributed by atoms with Crippen LogP contribution in [-0.2, 0) is 6.42 Å². The van der Waals surface area contributed by atoms with Crippen LogP contribution in [0.25, 0.3) is 11.0 Å². The number of aryl methyl sites for hydroxylation is 1. The third-order valence-electron chi connectivity index (χ3n) is 3.77. The average Bonchev–Trinajstić information content (AvgIpc) is 2.92. The lowest BCUT2D eigenvalue weighted by Gasteiger charge is -2.16. The van der Waals surface area contributed by atoms with Crippen molar-refractivity contribution in [3.05, 3.63) is 29.0 Å². The first-order valence-corrected chi connectivity index (χ1v) is 7.51. The van der Waals surface area contributed by atoms with E-state index in [2.05, 4.69) is 22.6 Å². The standard InChI is InChI=1S/C14H17Cl2N3/c1-18-7-5-11(9-18)19-13-3-2-10(16)8-12(13)17-14(19)4-6-15/h2-3,8,11H,4-7,9H2,1H3. The molecule has 1 unspecified atom stereocenters. The minimum atomic E-state index is 0.495. The van der Waals surface area contributed by atoms with Gasteiger partial charge in [-0.15, -0.1) is 11.6 Å². The number of aromatic nitrogens is 2. The van der Waals surface area contributed by atoms with E-state index in [-0.39, 0.29) is 0 Å². The molecule has 1 aliphatic rings. The van der Waals surface area contributed by atoms with Gasteiger partial charge < -0.3 is 9.47 Å². The van der Waals surface area contributed by atoms with Gasteiger partial charge in [0.15, 0.2) is 0 Å². The van der Waals surface area contributed by atoms with E-state index in [1.165, 1.54) is 11.9 Å². The molecule has 0 bridgehead atoms. The Morgan fingerprint density at radius 1 is 1.42 bits per heavy atom. The Kier molecular flexibility index (Phi) is 3.70. The van der Waals surface area contributed by atoms with Crippen LogP contribution >= 0.6 is 23.2 Å². The molecule has 1 fully saturated rings. The Labute approximate surface area is 123 Å². The van der Waals surface area contributed by atoms with Crippen LogP contribution in [0.5, 0.6) is 0 Å². The maximum absolute atomic E-state index is 6.06. The number of likely N-dealkylation sites (tertiary alicyclic amines) is 1. The van der Waals surface area contributed by atoms with Gasteiger partial charge in [-0.1, -0.05) is 11.6 Å². The molecule has 5 heteroatoms. The zero-order valence-electron chi connectivity index (χ0n) is 10.9. The van der Waals surface area contributed by atoms with Crippen molar-refractivity contribution in [1.29, 1.82) is 0 Å². The molecule has 0 radical (unpaired) electrons. The van der Waals surface area contributed by atoms with Crippen LogP contribution < -0.4 is 0 Å². The van der Waals surface area contributed by atoms with E-state index in [0.29, 0.717) is 11.9 Å². The van der Waals surface area contributed by atoms with Gasteiger partial charge in [-0.2, -0.15) is 0 Å². The normalized spacial score (nSPS) is 20.5. The fraction of sp³-hybridized carbons (Fsp3) is 0.500. The predicted molar refractivity (Wildman–Crippen MR) is 80.3 cm³/mol. The molecule has 0 amide bonds. The number of likely N-dealkylation sites (N-methyl/N-ethyl adjacent to an activating group) is 1. The number of rotatable bonds is 3. The summed E-state index contributed by atoms with van der Waals surface area (Å²) >= 11 is 12.0. The first-order chi connectivity index (χ1) is 9.19. The number of imidazole rings is 1. The molecule has 2 aromatic rings. The van der Waals surface area contributed by atoms with E-state index in [0.717, 1.165) is 35.9 Å². The van der Waals surface area contributed by atoms with Crippen molar-refractivity contribution in [3.63, 3.8) is 0 Å². The van der Waals surface area contributed by atoms with Gasteiger partial charge in [0.1, 0.15) is 5.82 Å². The van der Waals surface area contributed by atoms with Gasteiger partial charge in [-0.25, -0.2) is 4.98 Å². The smallest absolute Gasteiger partial charge is 0.111 e. The second-order valence-electron chi connectivity index (χ2n) is 5.17. The molecule has 0 aliphatic carbocycles. The van der Waals surface area contributed by atoms with Crippen LogP contribution in [0.3, 0.4) is 0 Å². The highest BCUT2D eigenvalue weighted by molar-refractivity contribution is 6.31. The number of halogens is 2. The Morgan fingerprint density at radius 2 is 2.26 bits per heavy atom. The number of nitrogens with zero attached hydrogens (tertiary/aromatic N) is 3. The summed E-state index contributed by atoms with van der Waals surface area (Å²) in [5.41, 5.74) is 2.15. The van der Waals surface area contributed by atoms with Crippen molar-refractivity contribution in [1.82, 2.24) is 14.5 Å². The highest BCUT2D eigenvalue weighted by Gasteiger charge is 2.25. The maximum Gasteiger partial charge on any atom is 0.111 e. The lowest BCUT2D eigenvalue weighted by Crippen LogP contribution is -2.18. The largest absolute Gasteiger partial charge is 0.323 e. The van der Waals surface area contributed by atoms with Gasteiger partial charge >= 0.3 is 0 Å². The van der Waals surface area contributed by atoms with Crippen LogP contribution in [-0.4, -0.2) is 40.5 Å². The van der Waals surface area contributed by atoms with Crippen LogP contribution in [0.1, 0.15) is 18.3 Å². The van der Waals surface area contributed by atoms with Gasteiger partial charge in [-0.3, -0.25) is 0 Å². The second-order valence-corrected chi connectivity index (χ2v) is 5.99. The zero-order chi connectivity index (χ0) is 13.4. The van der Waals surface area contributed by atoms with Crippen LogP contribution in [0, 0.1) is 0 Å². The predicted octanol–water partition coefficient (Wildman–Crippen LogP) is 3.35. The number of hydrogen-bond acceptors (Lipinski definition) is 2. The molecule has 0 spiro atoms. The van der Waals surface area contributed by atoms with Gasteiger partial charge in [0.05, 0.1) is 11.0 Å². The third kappa shape index (κ3) is 2.47. The topological polar surface area (TPSA) is 21.1 Å². The monoisotopic (exact) mass is 297 g/mol. The minimum absolute atomic E-state index is 0.495. The Balaban J connectivity index is 2.11. The average molecular weight is 298 g/mol. The zero-order valence-corrected chi connectivity index (χ0v) is 12.5. The van der Waals surface area contributed by atoms with Crippen LogP contribution in [0.15, 0.2) is 18.2 Å². The second kappa shape index (κ2) is 5.31. The molecule has 1 saturated heterocycles. The molecule has 19 heavy (non-hydrogen) atoms. The van der Waals surface area contributed by atoms with Gasteiger partial charge in [0, 0.05) is 29.9 Å².